The van der Waals surface area contributed by atoms with Crippen molar-refractivity contribution in [2.75, 3.05) is 4.72 Å². The largest absolute Gasteiger partial charge is 0.507 e. The highest BCUT2D eigenvalue weighted by molar-refractivity contribution is 7.92. The lowest BCUT2D eigenvalue weighted by atomic mass is 10.2. The van der Waals surface area contributed by atoms with Gasteiger partial charge < -0.3 is 20.4 Å². The molecule has 0 radical (unpaired) electrons. The molecule has 0 atom stereocenters. The quantitative estimate of drug-likeness (QED) is 0.260. The van der Waals surface area contributed by atoms with Gasteiger partial charge in [0.1, 0.15) is 17.1 Å². The second-order valence-corrected chi connectivity index (χ2v) is 8.49. The van der Waals surface area contributed by atoms with Crippen molar-refractivity contribution in [3.63, 3.8) is 0 Å². The van der Waals surface area contributed by atoms with Crippen LogP contribution < -0.4 is 4.72 Å². The van der Waals surface area contributed by atoms with E-state index in [2.05, 4.69) is 19.9 Å². The van der Waals surface area contributed by atoms with Gasteiger partial charge in [-0.1, -0.05) is 6.07 Å². The number of hydrogen-bond donors (Lipinski definition) is 5. The van der Waals surface area contributed by atoms with Gasteiger partial charge >= 0.3 is 17.9 Å². The molecule has 14 heteroatoms. The summed E-state index contributed by atoms with van der Waals surface area (Å²) in [5.41, 5.74) is 0.295. The lowest BCUT2D eigenvalue weighted by Crippen LogP contribution is -2.13. The van der Waals surface area contributed by atoms with Crippen LogP contribution in [-0.4, -0.2) is 51.7 Å². The van der Waals surface area contributed by atoms with E-state index >= 15 is 0 Å². The van der Waals surface area contributed by atoms with Crippen molar-refractivity contribution in [2.45, 2.75) is 17.7 Å². The number of sulfonamides is 1. The highest BCUT2D eigenvalue weighted by Gasteiger charge is 2.14. The predicted molar refractivity (Wildman–Crippen MR) is 125 cm³/mol. The van der Waals surface area contributed by atoms with Gasteiger partial charge in [-0.3, -0.25) is 14.3 Å². The maximum atomic E-state index is 12.3. The fraction of sp³-hybridized carbons (Fsp3) is 0.0909. The first-order valence-electron chi connectivity index (χ1n) is 9.93. The molecule has 0 aliphatic heterocycles. The van der Waals surface area contributed by atoms with Crippen molar-refractivity contribution in [3.8, 4) is 5.75 Å². The summed E-state index contributed by atoms with van der Waals surface area (Å²) in [6.45, 7) is 0. The van der Waals surface area contributed by atoms with E-state index in [4.69, 9.17) is 15.3 Å². The van der Waals surface area contributed by atoms with Crippen LogP contribution in [0, 0.1) is 0 Å². The molecule has 0 spiro atoms. The van der Waals surface area contributed by atoms with Crippen LogP contribution >= 0.6 is 0 Å². The van der Waals surface area contributed by atoms with Crippen LogP contribution in [0.3, 0.4) is 0 Å². The van der Waals surface area contributed by atoms with Crippen molar-refractivity contribution < 1.29 is 43.2 Å². The Labute approximate surface area is 204 Å². The summed E-state index contributed by atoms with van der Waals surface area (Å²) >= 11 is 0. The number of azo groups is 1. The molecule has 0 fully saturated rings. The monoisotopic (exact) mass is 516 g/mol. The smallest absolute Gasteiger partial charge is 0.339 e. The molecule has 3 aromatic rings. The molecule has 188 valence electrons. The zero-order chi connectivity index (χ0) is 26.7. The Balaban J connectivity index is 0.000000493. The number of rotatable bonds is 9. The van der Waals surface area contributed by atoms with E-state index in [0.29, 0.717) is 5.69 Å². The molecule has 36 heavy (non-hydrogen) atoms. The van der Waals surface area contributed by atoms with Gasteiger partial charge in [-0.05, 0) is 54.6 Å². The number of aliphatic carboxylic acids is 2. The second-order valence-electron chi connectivity index (χ2n) is 6.81. The third-order valence-electron chi connectivity index (χ3n) is 4.10. The molecule has 0 bridgehead atoms. The molecule has 0 unspecified atom stereocenters. The Bertz CT molecular complexity index is 1350. The maximum absolute atomic E-state index is 12.3. The third kappa shape index (κ3) is 8.83. The number of aromatic nitrogens is 1. The third-order valence-corrected chi connectivity index (χ3v) is 5.47. The second kappa shape index (κ2) is 12.6. The number of pyridine rings is 1. The number of nitrogens with zero attached hydrogens (tertiary/aromatic N) is 3. The van der Waals surface area contributed by atoms with Crippen molar-refractivity contribution in [3.05, 3.63) is 72.4 Å². The molecule has 0 aliphatic carbocycles. The fourth-order valence-corrected chi connectivity index (χ4v) is 3.41. The molecule has 1 heterocycles. The van der Waals surface area contributed by atoms with Gasteiger partial charge in [0.2, 0.25) is 0 Å². The number of aromatic hydroxyl groups is 1. The van der Waals surface area contributed by atoms with Crippen LogP contribution in [0.15, 0.2) is 82.0 Å². The van der Waals surface area contributed by atoms with Gasteiger partial charge in [-0.15, -0.1) is 0 Å². The van der Waals surface area contributed by atoms with Crippen LogP contribution in [0.2, 0.25) is 0 Å². The number of carboxylic acids is 3. The van der Waals surface area contributed by atoms with Crippen molar-refractivity contribution in [2.24, 2.45) is 10.2 Å². The van der Waals surface area contributed by atoms with Crippen LogP contribution in [-0.2, 0) is 19.6 Å². The minimum Gasteiger partial charge on any atom is -0.507 e. The maximum Gasteiger partial charge on any atom is 0.339 e. The first-order valence-corrected chi connectivity index (χ1v) is 11.4. The lowest BCUT2D eigenvalue weighted by molar-refractivity contribution is -0.143. The summed E-state index contributed by atoms with van der Waals surface area (Å²) in [6.07, 6.45) is 0.880. The van der Waals surface area contributed by atoms with Crippen LogP contribution in [0.1, 0.15) is 23.2 Å². The minimum atomic E-state index is -3.79. The summed E-state index contributed by atoms with van der Waals surface area (Å²) in [5, 5.41) is 42.1. The summed E-state index contributed by atoms with van der Waals surface area (Å²) in [6, 6.07) is 14.3. The van der Waals surface area contributed by atoms with E-state index in [-0.39, 0.29) is 40.6 Å². The van der Waals surface area contributed by atoms with Gasteiger partial charge in [0, 0.05) is 6.20 Å². The molecule has 5 N–H and O–H groups in total. The first-order chi connectivity index (χ1) is 17.0. The molecule has 1 aromatic heterocycles. The predicted octanol–water partition coefficient (Wildman–Crippen LogP) is 3.64. The fourth-order valence-electron chi connectivity index (χ4n) is 2.40. The van der Waals surface area contributed by atoms with E-state index in [1.165, 1.54) is 54.7 Å². The number of benzene rings is 2. The van der Waals surface area contributed by atoms with Gasteiger partial charge in [-0.25, -0.2) is 18.2 Å². The number of phenols is 1. The first kappa shape index (κ1) is 27.4. The van der Waals surface area contributed by atoms with E-state index in [0.717, 1.165) is 0 Å². The topological polar surface area (TPSA) is 216 Å². The number of anilines is 1. The summed E-state index contributed by atoms with van der Waals surface area (Å²) in [7, 11) is -3.79. The zero-order valence-electron chi connectivity index (χ0n) is 18.3. The van der Waals surface area contributed by atoms with Crippen LogP contribution in [0.25, 0.3) is 0 Å². The van der Waals surface area contributed by atoms with Gasteiger partial charge in [0.15, 0.2) is 0 Å². The standard InChI is InChI=1S/C18H14N4O5S.C4H6O4/c23-16-9-6-13(11-15(16)18(24)25)21-20-12-4-7-14(8-5-12)28(26,27)22-17-3-1-2-10-19-17;5-3(6)1-2-4(7)8/h1-11,23H,(H,19,22)(H,24,25);1-2H2,(H,5,6)(H,7,8). The summed E-state index contributed by atoms with van der Waals surface area (Å²) in [5.74, 6) is -3.61. The van der Waals surface area contributed by atoms with Crippen molar-refractivity contribution >= 4 is 45.1 Å². The molecule has 0 amide bonds. The van der Waals surface area contributed by atoms with E-state index in [9.17, 15) is 27.9 Å². The molecular formula is C22H20N4O9S. The average Bonchev–Trinajstić information content (AvgIpc) is 2.83. The Morgan fingerprint density at radius 3 is 1.94 bits per heavy atom. The van der Waals surface area contributed by atoms with Gasteiger partial charge in [-0.2, -0.15) is 10.2 Å². The molecule has 0 aliphatic rings. The molecule has 0 saturated carbocycles. The highest BCUT2D eigenvalue weighted by atomic mass is 32.2. The Morgan fingerprint density at radius 2 is 1.42 bits per heavy atom. The normalized spacial score (nSPS) is 10.8. The average molecular weight is 516 g/mol. The van der Waals surface area contributed by atoms with Crippen LogP contribution in [0.4, 0.5) is 17.2 Å². The zero-order valence-corrected chi connectivity index (χ0v) is 19.2. The van der Waals surface area contributed by atoms with Gasteiger partial charge in [0.25, 0.3) is 10.0 Å². The van der Waals surface area contributed by atoms with Gasteiger partial charge in [0.05, 0.1) is 29.1 Å². The molecule has 0 saturated heterocycles. The number of hydrogen-bond acceptors (Lipinski definition) is 9. The molecule has 3 rings (SSSR count). The van der Waals surface area contributed by atoms with E-state index in [1.807, 2.05) is 0 Å². The van der Waals surface area contributed by atoms with Crippen LogP contribution in [0.5, 0.6) is 5.75 Å². The number of carboxylic acid groups (broad SMARTS) is 3. The lowest BCUT2D eigenvalue weighted by Gasteiger charge is -2.07. The summed E-state index contributed by atoms with van der Waals surface area (Å²) in [4.78, 5) is 34.2. The number of nitrogens with one attached hydrogen (secondary N) is 1. The van der Waals surface area contributed by atoms with E-state index in [1.54, 1.807) is 12.1 Å². The van der Waals surface area contributed by atoms with Crippen molar-refractivity contribution in [1.29, 1.82) is 0 Å². The minimum absolute atomic E-state index is 0.0231. The Hall–Kier alpha value is -4.85. The summed E-state index contributed by atoms with van der Waals surface area (Å²) < 4.78 is 27.0. The molecule has 2 aromatic carbocycles. The van der Waals surface area contributed by atoms with Crippen molar-refractivity contribution in [1.82, 2.24) is 4.98 Å². The van der Waals surface area contributed by atoms with E-state index < -0.39 is 27.9 Å². The number of carbonyl (C=O) groups is 3. The molecule has 13 nitrogen and oxygen atoms in total. The number of aromatic carboxylic acids is 1. The highest BCUT2D eigenvalue weighted by Crippen LogP contribution is 2.26. The Morgan fingerprint density at radius 1 is 0.833 bits per heavy atom. The Kier molecular flexibility index (Phi) is 9.56. The molecular weight excluding hydrogens is 496 g/mol. The SMILES string of the molecule is O=C(O)CCC(=O)O.O=C(O)c1cc(N=Nc2ccc(S(=O)(=O)Nc3ccccn3)cc2)ccc1O.